The van der Waals surface area contributed by atoms with Gasteiger partial charge in [0.1, 0.15) is 0 Å². The third-order valence-corrected chi connectivity index (χ3v) is 4.53. The van der Waals surface area contributed by atoms with Crippen LogP contribution in [0.2, 0.25) is 5.02 Å². The highest BCUT2D eigenvalue weighted by atomic mass is 127. The van der Waals surface area contributed by atoms with E-state index in [2.05, 4.69) is 27.6 Å². The molecular weight excluding hydrogens is 419 g/mol. The summed E-state index contributed by atoms with van der Waals surface area (Å²) in [5.74, 6) is 0. The highest BCUT2D eigenvalue weighted by Gasteiger charge is 2.12. The third kappa shape index (κ3) is 2.54. The maximum Gasteiger partial charge on any atom is 0.266 e. The van der Waals surface area contributed by atoms with Gasteiger partial charge < -0.3 is 4.98 Å². The fraction of sp³-hybridized carbons (Fsp3) is 0.0667. The summed E-state index contributed by atoms with van der Waals surface area (Å²) in [4.78, 5) is 15.9. The minimum atomic E-state index is -0.163. The van der Waals surface area contributed by atoms with Crippen LogP contribution in [0.4, 0.5) is 0 Å². The lowest BCUT2D eigenvalue weighted by atomic mass is 10.2. The normalized spacial score (nSPS) is 11.0. The zero-order chi connectivity index (χ0) is 15.1. The van der Waals surface area contributed by atoms with Crippen molar-refractivity contribution in [3.05, 3.63) is 65.7 Å². The summed E-state index contributed by atoms with van der Waals surface area (Å²) in [6, 6.07) is 11.1. The number of fused-ring (bicyclic) bond motifs is 1. The van der Waals surface area contributed by atoms with Crippen LogP contribution in [0.1, 0.15) is 5.56 Å². The molecule has 0 spiro atoms. The monoisotopic (exact) mass is 428 g/mol. The van der Waals surface area contributed by atoms with Gasteiger partial charge in [0.15, 0.2) is 4.77 Å². The summed E-state index contributed by atoms with van der Waals surface area (Å²) in [7, 11) is 0. The second-order valence-electron chi connectivity index (χ2n) is 4.67. The van der Waals surface area contributed by atoms with Gasteiger partial charge in [-0.25, -0.2) is 0 Å². The molecule has 0 radical (unpaired) electrons. The molecular formula is C15H10ClIN2OS. The van der Waals surface area contributed by atoms with Crippen molar-refractivity contribution in [3.8, 4) is 5.69 Å². The van der Waals surface area contributed by atoms with E-state index in [9.17, 15) is 4.79 Å². The van der Waals surface area contributed by atoms with Gasteiger partial charge in [-0.2, -0.15) is 0 Å². The van der Waals surface area contributed by atoms with Crippen molar-refractivity contribution in [1.82, 2.24) is 9.55 Å². The molecule has 0 amide bonds. The van der Waals surface area contributed by atoms with E-state index in [1.807, 2.05) is 37.3 Å². The lowest BCUT2D eigenvalue weighted by Gasteiger charge is -2.12. The van der Waals surface area contributed by atoms with Gasteiger partial charge in [-0.1, -0.05) is 23.7 Å². The van der Waals surface area contributed by atoms with Gasteiger partial charge in [0.2, 0.25) is 0 Å². The highest BCUT2D eigenvalue weighted by molar-refractivity contribution is 14.1. The molecule has 3 nitrogen and oxygen atoms in total. The van der Waals surface area contributed by atoms with Gasteiger partial charge in [-0.3, -0.25) is 9.36 Å². The molecule has 0 aliphatic rings. The van der Waals surface area contributed by atoms with Crippen LogP contribution in [0, 0.1) is 15.3 Å². The molecule has 6 heteroatoms. The molecule has 0 atom stereocenters. The van der Waals surface area contributed by atoms with Crippen LogP contribution in [0.15, 0.2) is 41.2 Å². The van der Waals surface area contributed by atoms with Crippen molar-refractivity contribution in [2.75, 3.05) is 0 Å². The Labute approximate surface area is 144 Å². The Bertz CT molecular complexity index is 957. The number of hydrogen-bond acceptors (Lipinski definition) is 2. The predicted molar refractivity (Wildman–Crippen MR) is 97.2 cm³/mol. The smallest absolute Gasteiger partial charge is 0.266 e. The fourth-order valence-corrected chi connectivity index (χ4v) is 3.38. The lowest BCUT2D eigenvalue weighted by molar-refractivity contribution is 0.931. The molecule has 106 valence electrons. The first-order chi connectivity index (χ1) is 9.99. The molecule has 1 N–H and O–H groups in total. The molecule has 0 unspecified atom stereocenters. The minimum Gasteiger partial charge on any atom is -0.331 e. The summed E-state index contributed by atoms with van der Waals surface area (Å²) in [5.41, 5.74) is 2.09. The second-order valence-corrected chi connectivity index (χ2v) is 6.71. The fourth-order valence-electron chi connectivity index (χ4n) is 2.30. The van der Waals surface area contributed by atoms with Crippen LogP contribution >= 0.6 is 46.4 Å². The number of aromatic nitrogens is 2. The Balaban J connectivity index is 2.49. The zero-order valence-corrected chi connectivity index (χ0v) is 14.7. The largest absolute Gasteiger partial charge is 0.331 e. The summed E-state index contributed by atoms with van der Waals surface area (Å²) >= 11 is 13.8. The molecule has 0 bridgehead atoms. The molecule has 1 heterocycles. The number of benzene rings is 2. The first kappa shape index (κ1) is 14.7. The second kappa shape index (κ2) is 5.55. The van der Waals surface area contributed by atoms with Gasteiger partial charge in [0.05, 0.1) is 21.6 Å². The Kier molecular flexibility index (Phi) is 3.90. The van der Waals surface area contributed by atoms with Gasteiger partial charge >= 0.3 is 0 Å². The predicted octanol–water partition coefficient (Wildman–Crippen LogP) is 4.61. The maximum absolute atomic E-state index is 12.8. The van der Waals surface area contributed by atoms with Gasteiger partial charge in [0.25, 0.3) is 5.56 Å². The number of para-hydroxylation sites is 1. The number of hydrogen-bond donors (Lipinski definition) is 1. The molecule has 0 aliphatic heterocycles. The lowest BCUT2D eigenvalue weighted by Crippen LogP contribution is -2.21. The van der Waals surface area contributed by atoms with Crippen LogP contribution in [-0.4, -0.2) is 9.55 Å². The van der Waals surface area contributed by atoms with Crippen LogP contribution in [0.3, 0.4) is 0 Å². The number of rotatable bonds is 1. The van der Waals surface area contributed by atoms with Crippen molar-refractivity contribution in [1.29, 1.82) is 0 Å². The van der Waals surface area contributed by atoms with E-state index in [-0.39, 0.29) is 5.56 Å². The van der Waals surface area contributed by atoms with Crippen molar-refractivity contribution < 1.29 is 0 Å². The molecule has 2 aromatic carbocycles. The molecule has 21 heavy (non-hydrogen) atoms. The van der Waals surface area contributed by atoms with E-state index in [1.54, 1.807) is 6.07 Å². The Morgan fingerprint density at radius 2 is 2.05 bits per heavy atom. The topological polar surface area (TPSA) is 37.8 Å². The third-order valence-electron chi connectivity index (χ3n) is 3.27. The summed E-state index contributed by atoms with van der Waals surface area (Å²) in [5, 5.41) is 1.09. The highest BCUT2D eigenvalue weighted by Crippen LogP contribution is 2.24. The van der Waals surface area contributed by atoms with Crippen LogP contribution in [-0.2, 0) is 0 Å². The van der Waals surface area contributed by atoms with E-state index < -0.39 is 0 Å². The van der Waals surface area contributed by atoms with E-state index in [0.29, 0.717) is 20.9 Å². The first-order valence-electron chi connectivity index (χ1n) is 6.19. The molecule has 3 rings (SSSR count). The number of nitrogens with one attached hydrogen (secondary N) is 1. The molecule has 3 aromatic rings. The SMILES string of the molecule is Cc1cccc(Cl)c1-n1c(=S)[nH]c2ccc(I)cc2c1=O. The summed E-state index contributed by atoms with van der Waals surface area (Å²) < 4.78 is 2.79. The van der Waals surface area contributed by atoms with E-state index in [0.717, 1.165) is 14.7 Å². The Hall–Kier alpha value is -1.18. The van der Waals surface area contributed by atoms with Crippen molar-refractivity contribution in [2.24, 2.45) is 0 Å². The average Bonchev–Trinajstić information content (AvgIpc) is 2.43. The Morgan fingerprint density at radius 3 is 2.76 bits per heavy atom. The number of H-pyrrole nitrogens is 1. The molecule has 0 aliphatic carbocycles. The number of nitrogens with zero attached hydrogens (tertiary/aromatic N) is 1. The number of aryl methyl sites for hydroxylation is 1. The average molecular weight is 429 g/mol. The van der Waals surface area contributed by atoms with Crippen LogP contribution in [0.5, 0.6) is 0 Å². The molecule has 0 saturated carbocycles. The molecule has 1 aromatic heterocycles. The van der Waals surface area contributed by atoms with Crippen LogP contribution < -0.4 is 5.56 Å². The standard InChI is InChI=1S/C15H10ClIN2OS/c1-8-3-2-4-11(16)13(8)19-14(20)10-7-9(17)5-6-12(10)18-15(19)21/h2-7H,1H3,(H,18,21). The van der Waals surface area contributed by atoms with Gasteiger partial charge in [-0.05, 0) is 71.6 Å². The quantitative estimate of drug-likeness (QED) is 0.454. The van der Waals surface area contributed by atoms with Crippen molar-refractivity contribution >= 4 is 57.3 Å². The summed E-state index contributed by atoms with van der Waals surface area (Å²) in [6.07, 6.45) is 0. The van der Waals surface area contributed by atoms with Crippen molar-refractivity contribution in [2.45, 2.75) is 6.92 Å². The van der Waals surface area contributed by atoms with Crippen LogP contribution in [0.25, 0.3) is 16.6 Å². The van der Waals surface area contributed by atoms with Crippen molar-refractivity contribution in [3.63, 3.8) is 0 Å². The van der Waals surface area contributed by atoms with Gasteiger partial charge in [0, 0.05) is 3.57 Å². The molecule has 0 fully saturated rings. The number of aromatic amines is 1. The minimum absolute atomic E-state index is 0.163. The first-order valence-corrected chi connectivity index (χ1v) is 8.05. The zero-order valence-electron chi connectivity index (χ0n) is 11.0. The molecule has 0 saturated heterocycles. The maximum atomic E-state index is 12.8. The van der Waals surface area contributed by atoms with E-state index in [1.165, 1.54) is 4.57 Å². The number of halogens is 2. The van der Waals surface area contributed by atoms with E-state index in [4.69, 9.17) is 23.8 Å². The summed E-state index contributed by atoms with van der Waals surface area (Å²) in [6.45, 7) is 1.90. The Morgan fingerprint density at radius 1 is 1.29 bits per heavy atom. The van der Waals surface area contributed by atoms with E-state index >= 15 is 0 Å². The van der Waals surface area contributed by atoms with Gasteiger partial charge in [-0.15, -0.1) is 0 Å².